The minimum absolute atomic E-state index is 0.0449. The van der Waals surface area contributed by atoms with Crippen molar-refractivity contribution in [2.45, 2.75) is 50.4 Å². The van der Waals surface area contributed by atoms with Gasteiger partial charge in [0.2, 0.25) is 0 Å². The van der Waals surface area contributed by atoms with Gasteiger partial charge in [0.25, 0.3) is 10.0 Å². The van der Waals surface area contributed by atoms with Crippen LogP contribution in [0, 0.1) is 6.92 Å². The van der Waals surface area contributed by atoms with E-state index in [2.05, 4.69) is 29.6 Å². The lowest BCUT2D eigenvalue weighted by atomic mass is 9.96. The van der Waals surface area contributed by atoms with Gasteiger partial charge in [0.05, 0.1) is 53.7 Å². The third kappa shape index (κ3) is 8.18. The lowest BCUT2D eigenvalue weighted by molar-refractivity contribution is -0.0337. The lowest BCUT2D eigenvalue weighted by Gasteiger charge is -2.26. The van der Waals surface area contributed by atoms with Crippen molar-refractivity contribution >= 4 is 32.8 Å². The largest absolute Gasteiger partial charge is 0.497 e. The van der Waals surface area contributed by atoms with Crippen molar-refractivity contribution in [1.82, 2.24) is 23.7 Å². The molecule has 5 aromatic carbocycles. The highest BCUT2D eigenvalue weighted by Gasteiger charge is 2.29. The molecule has 3 aromatic heterocycles. The Labute approximate surface area is 366 Å². The van der Waals surface area contributed by atoms with Crippen LogP contribution < -0.4 is 10.1 Å². The van der Waals surface area contributed by atoms with Gasteiger partial charge in [0.1, 0.15) is 24.8 Å². The summed E-state index contributed by atoms with van der Waals surface area (Å²) >= 11 is 0. The number of rotatable bonds is 15. The summed E-state index contributed by atoms with van der Waals surface area (Å²) in [6.07, 6.45) is 2.62. The van der Waals surface area contributed by atoms with Crippen LogP contribution in [0.1, 0.15) is 53.4 Å². The molecule has 0 atom stereocenters. The van der Waals surface area contributed by atoms with Gasteiger partial charge in [-0.1, -0.05) is 103 Å². The fourth-order valence-corrected chi connectivity index (χ4v) is 9.45. The molecular formula is C50H47N5O7S. The molecule has 9 rings (SSSR count). The first kappa shape index (κ1) is 41.5. The second-order valence-electron chi connectivity index (χ2n) is 16.0. The molecule has 0 fully saturated rings. The number of nitrogens with zero attached hydrogens (tertiary/aromatic N) is 4. The molecule has 1 amide bonds. The summed E-state index contributed by atoms with van der Waals surface area (Å²) in [6.45, 7) is 7.05. The highest BCUT2D eigenvalue weighted by molar-refractivity contribution is 7.90. The Morgan fingerprint density at radius 1 is 0.810 bits per heavy atom. The van der Waals surface area contributed by atoms with Crippen LogP contribution in [0.2, 0.25) is 0 Å². The van der Waals surface area contributed by atoms with Crippen molar-refractivity contribution in [2.24, 2.45) is 0 Å². The van der Waals surface area contributed by atoms with Gasteiger partial charge in [-0.05, 0) is 84.5 Å². The molecule has 0 spiro atoms. The Balaban J connectivity index is 0.928. The molecule has 1 aliphatic carbocycles. The maximum Gasteiger partial charge on any atom is 0.407 e. The Bertz CT molecular complexity index is 3000. The molecule has 1 aliphatic rings. The van der Waals surface area contributed by atoms with Gasteiger partial charge in [-0.3, -0.25) is 4.40 Å². The predicted octanol–water partition coefficient (Wildman–Crippen LogP) is 9.41. The summed E-state index contributed by atoms with van der Waals surface area (Å²) in [7, 11) is -2.32. The molecule has 0 saturated heterocycles. The van der Waals surface area contributed by atoms with E-state index in [-0.39, 0.29) is 42.8 Å². The first-order chi connectivity index (χ1) is 30.5. The van der Waals surface area contributed by atoms with E-state index in [1.54, 1.807) is 43.6 Å². The number of hydrogen-bond donors (Lipinski definition) is 1. The normalized spacial score (nSPS) is 12.7. The number of fused-ring (bicyclic) bond motifs is 6. The monoisotopic (exact) mass is 861 g/mol. The number of imidazole rings is 1. The van der Waals surface area contributed by atoms with Gasteiger partial charge in [-0.25, -0.2) is 27.2 Å². The number of methoxy groups -OCH3 is 1. The van der Waals surface area contributed by atoms with Gasteiger partial charge < -0.3 is 24.3 Å². The van der Waals surface area contributed by atoms with Crippen LogP contribution in [-0.4, -0.2) is 59.7 Å². The number of carbonyl (C=O) groups is 1. The average Bonchev–Trinajstić information content (AvgIpc) is 4.00. The fraction of sp³-hybridized carbons (Fsp3) is 0.220. The minimum Gasteiger partial charge on any atom is -0.497 e. The van der Waals surface area contributed by atoms with Crippen LogP contribution in [0.25, 0.3) is 39.1 Å². The lowest BCUT2D eigenvalue weighted by Crippen LogP contribution is -2.29. The molecule has 13 heteroatoms. The van der Waals surface area contributed by atoms with Crippen molar-refractivity contribution in [3.05, 3.63) is 173 Å². The van der Waals surface area contributed by atoms with Crippen LogP contribution >= 0.6 is 0 Å². The highest BCUT2D eigenvalue weighted by atomic mass is 32.2. The molecule has 0 radical (unpaired) electrons. The summed E-state index contributed by atoms with van der Waals surface area (Å²) < 4.78 is 54.3. The maximum absolute atomic E-state index is 13.9. The molecule has 0 unspecified atom stereocenters. The maximum atomic E-state index is 13.9. The first-order valence-corrected chi connectivity index (χ1v) is 22.2. The van der Waals surface area contributed by atoms with Gasteiger partial charge in [0, 0.05) is 24.2 Å². The third-order valence-electron chi connectivity index (χ3n) is 11.6. The fourth-order valence-electron chi connectivity index (χ4n) is 8.15. The Hall–Kier alpha value is -6.80. The molecule has 12 nitrogen and oxygen atoms in total. The molecule has 8 aromatic rings. The van der Waals surface area contributed by atoms with E-state index in [4.69, 9.17) is 28.9 Å². The molecular weight excluding hydrogens is 815 g/mol. The Kier molecular flexibility index (Phi) is 11.3. The van der Waals surface area contributed by atoms with Crippen molar-refractivity contribution in [3.63, 3.8) is 0 Å². The van der Waals surface area contributed by atoms with Crippen molar-refractivity contribution in [1.29, 1.82) is 0 Å². The van der Waals surface area contributed by atoms with Crippen molar-refractivity contribution in [2.75, 3.05) is 26.9 Å². The molecule has 0 aliphatic heterocycles. The zero-order valence-corrected chi connectivity index (χ0v) is 36.3. The van der Waals surface area contributed by atoms with E-state index in [1.807, 2.05) is 98.0 Å². The summed E-state index contributed by atoms with van der Waals surface area (Å²) in [5.74, 6) is 1.28. The topological polar surface area (TPSA) is 135 Å². The molecule has 0 saturated carbocycles. The number of amides is 1. The van der Waals surface area contributed by atoms with Crippen molar-refractivity contribution < 1.29 is 32.2 Å². The number of aryl methyl sites for hydroxylation is 1. The van der Waals surface area contributed by atoms with Crippen LogP contribution in [0.3, 0.4) is 0 Å². The molecule has 1 N–H and O–H groups in total. The van der Waals surface area contributed by atoms with Gasteiger partial charge >= 0.3 is 6.09 Å². The zero-order chi connectivity index (χ0) is 43.7. The van der Waals surface area contributed by atoms with Crippen LogP contribution in [0.15, 0.2) is 145 Å². The number of ether oxygens (including phenoxy) is 4. The van der Waals surface area contributed by atoms with E-state index in [0.29, 0.717) is 29.2 Å². The van der Waals surface area contributed by atoms with Gasteiger partial charge in [-0.15, -0.1) is 0 Å². The number of hydrogen-bond acceptors (Lipinski definition) is 9. The summed E-state index contributed by atoms with van der Waals surface area (Å²) in [5.41, 5.74) is 9.92. The Morgan fingerprint density at radius 3 is 2.17 bits per heavy atom. The van der Waals surface area contributed by atoms with Crippen LogP contribution in [0.4, 0.5) is 4.79 Å². The van der Waals surface area contributed by atoms with Crippen LogP contribution in [0.5, 0.6) is 5.75 Å². The highest BCUT2D eigenvalue weighted by Crippen LogP contribution is 2.44. The van der Waals surface area contributed by atoms with E-state index in [9.17, 15) is 13.2 Å². The van der Waals surface area contributed by atoms with E-state index in [0.717, 1.165) is 50.3 Å². The quantitative estimate of drug-likeness (QED) is 0.100. The summed E-state index contributed by atoms with van der Waals surface area (Å²) in [5, 5.41) is 2.81. The minimum atomic E-state index is -3.96. The summed E-state index contributed by atoms with van der Waals surface area (Å²) in [4.78, 5) is 22.8. The van der Waals surface area contributed by atoms with E-state index >= 15 is 0 Å². The molecule has 0 bridgehead atoms. The average molecular weight is 862 g/mol. The summed E-state index contributed by atoms with van der Waals surface area (Å²) in [6, 6.07) is 40.7. The number of alkyl carbamates (subject to hydrolysis) is 1. The van der Waals surface area contributed by atoms with E-state index < -0.39 is 21.7 Å². The number of benzene rings is 5. The SMILES string of the molecule is COc1ccc(COC(C)(C)c2ccc(-c3nc(COCCNC(=O)OCC4c5ccccc5-c5ccccc54)n4c3cnc3c4ccn3S(=O)(=O)c3ccc(C)cc3)cc2)cc1. The second kappa shape index (κ2) is 17.2. The predicted molar refractivity (Wildman–Crippen MR) is 241 cm³/mol. The third-order valence-corrected chi connectivity index (χ3v) is 13.3. The standard InChI is InChI=1S/C50H47N5O7S/c1-33-13-23-38(24-14-33)63(57,58)54-27-25-44-48(54)52-29-45-47(35-17-19-36(20-18-35)50(2,3)62-30-34-15-21-37(59-4)22-16-34)53-46(55(44)45)32-60-28-26-51-49(56)61-31-43-41-11-7-5-9-39(41)40-10-6-8-12-42(40)43/h5-25,27,29,43H,26,28,30-32H2,1-4H3,(H,51,56). The molecule has 63 heavy (non-hydrogen) atoms. The zero-order valence-electron chi connectivity index (χ0n) is 35.4. The second-order valence-corrected chi connectivity index (χ2v) is 17.8. The number of carbonyl (C=O) groups excluding carboxylic acids is 1. The van der Waals surface area contributed by atoms with Crippen molar-refractivity contribution in [3.8, 4) is 28.1 Å². The number of aromatic nitrogens is 4. The Morgan fingerprint density at radius 2 is 1.49 bits per heavy atom. The molecule has 320 valence electrons. The molecule has 3 heterocycles. The first-order valence-electron chi connectivity index (χ1n) is 20.8. The van der Waals surface area contributed by atoms with E-state index in [1.165, 1.54) is 10.2 Å². The van der Waals surface area contributed by atoms with Gasteiger partial charge in [-0.2, -0.15) is 0 Å². The van der Waals surface area contributed by atoms with Gasteiger partial charge in [0.15, 0.2) is 5.65 Å². The van der Waals surface area contributed by atoms with Crippen LogP contribution in [-0.2, 0) is 43.0 Å². The smallest absolute Gasteiger partial charge is 0.407 e. The number of nitrogens with one attached hydrogen (secondary N) is 1.